The number of carbonyl (C=O) groups is 2. The van der Waals surface area contributed by atoms with E-state index in [1.807, 2.05) is 0 Å². The number of methoxy groups -OCH3 is 1. The van der Waals surface area contributed by atoms with Gasteiger partial charge in [-0.2, -0.15) is 0 Å². The monoisotopic (exact) mass is 328 g/mol. The van der Waals surface area contributed by atoms with Crippen LogP contribution in [-0.4, -0.2) is 32.3 Å². The molecule has 2 aromatic carbocycles. The first-order chi connectivity index (χ1) is 11.7. The van der Waals surface area contributed by atoms with Gasteiger partial charge in [0.15, 0.2) is 23.9 Å². The Morgan fingerprint density at radius 2 is 1.71 bits per heavy atom. The number of rotatable bonds is 6. The number of hydrogen-bond acceptors (Lipinski definition) is 6. The lowest BCUT2D eigenvalue weighted by molar-refractivity contribution is 0.0474. The van der Waals surface area contributed by atoms with Crippen LogP contribution in [0.3, 0.4) is 0 Å². The maximum absolute atomic E-state index is 12.1. The molecule has 0 fully saturated rings. The highest BCUT2D eigenvalue weighted by Gasteiger charge is 2.17. The quantitative estimate of drug-likeness (QED) is 0.599. The summed E-state index contributed by atoms with van der Waals surface area (Å²) in [5.41, 5.74) is 1.74. The zero-order valence-corrected chi connectivity index (χ0v) is 13.1. The summed E-state index contributed by atoms with van der Waals surface area (Å²) >= 11 is 0. The molecular formula is C18H16O6. The van der Waals surface area contributed by atoms with Gasteiger partial charge in [-0.25, -0.2) is 4.79 Å². The van der Waals surface area contributed by atoms with E-state index in [1.54, 1.807) is 49.6 Å². The number of ether oxygens (including phenoxy) is 4. The number of hydrogen-bond donors (Lipinski definition) is 0. The average Bonchev–Trinajstić information content (AvgIpc) is 3.08. The third-order valence-corrected chi connectivity index (χ3v) is 3.53. The molecular weight excluding hydrogens is 312 g/mol. The minimum absolute atomic E-state index is 0.140. The predicted octanol–water partition coefficient (Wildman–Crippen LogP) is 2.60. The number of carbonyl (C=O) groups excluding carboxylic acids is 2. The van der Waals surface area contributed by atoms with E-state index in [2.05, 4.69) is 0 Å². The lowest BCUT2D eigenvalue weighted by Crippen LogP contribution is -2.14. The van der Waals surface area contributed by atoms with Crippen molar-refractivity contribution < 1.29 is 28.5 Å². The molecule has 2 aromatic rings. The average molecular weight is 328 g/mol. The fourth-order valence-corrected chi connectivity index (χ4v) is 2.27. The van der Waals surface area contributed by atoms with Crippen molar-refractivity contribution in [3.05, 3.63) is 59.2 Å². The lowest BCUT2D eigenvalue weighted by atomic mass is 10.1. The van der Waals surface area contributed by atoms with Crippen LogP contribution in [0.2, 0.25) is 0 Å². The summed E-state index contributed by atoms with van der Waals surface area (Å²) in [5.74, 6) is 0.256. The SMILES string of the molecule is COCc1ccc(C(=O)OCC(=O)c2ccc3c(c2)OCO3)cc1. The first kappa shape index (κ1) is 16.0. The van der Waals surface area contributed by atoms with Crippen molar-refractivity contribution >= 4 is 11.8 Å². The minimum atomic E-state index is -0.548. The first-order valence-electron chi connectivity index (χ1n) is 7.35. The summed E-state index contributed by atoms with van der Waals surface area (Å²) in [6.07, 6.45) is 0. The standard InChI is InChI=1S/C18H16O6/c1-21-9-12-2-4-13(5-3-12)18(20)22-10-15(19)14-6-7-16-17(8-14)24-11-23-16/h2-8H,9-11H2,1H3. The molecule has 0 atom stereocenters. The van der Waals surface area contributed by atoms with Crippen LogP contribution >= 0.6 is 0 Å². The predicted molar refractivity (Wildman–Crippen MR) is 84.3 cm³/mol. The van der Waals surface area contributed by atoms with E-state index < -0.39 is 5.97 Å². The van der Waals surface area contributed by atoms with Crippen molar-refractivity contribution in [2.45, 2.75) is 6.61 Å². The van der Waals surface area contributed by atoms with Crippen LogP contribution in [0, 0.1) is 0 Å². The van der Waals surface area contributed by atoms with E-state index in [4.69, 9.17) is 18.9 Å². The topological polar surface area (TPSA) is 71.1 Å². The highest BCUT2D eigenvalue weighted by molar-refractivity contribution is 5.99. The molecule has 0 saturated carbocycles. The second kappa shape index (κ2) is 7.14. The van der Waals surface area contributed by atoms with Gasteiger partial charge in [-0.05, 0) is 35.9 Å². The zero-order chi connectivity index (χ0) is 16.9. The molecule has 1 aliphatic heterocycles. The Balaban J connectivity index is 1.58. The Hall–Kier alpha value is -2.86. The van der Waals surface area contributed by atoms with Crippen molar-refractivity contribution in [1.82, 2.24) is 0 Å². The third kappa shape index (κ3) is 3.55. The van der Waals surface area contributed by atoms with Crippen molar-refractivity contribution in [3.8, 4) is 11.5 Å². The fourth-order valence-electron chi connectivity index (χ4n) is 2.27. The molecule has 1 aliphatic rings. The molecule has 0 N–H and O–H groups in total. The normalized spacial score (nSPS) is 12.0. The van der Waals surface area contributed by atoms with E-state index in [0.717, 1.165) is 5.56 Å². The van der Waals surface area contributed by atoms with E-state index in [9.17, 15) is 9.59 Å². The van der Waals surface area contributed by atoms with Gasteiger partial charge in [0, 0.05) is 12.7 Å². The summed E-state index contributed by atoms with van der Waals surface area (Å²) in [5, 5.41) is 0. The van der Waals surface area contributed by atoms with E-state index in [1.165, 1.54) is 0 Å². The molecule has 0 radical (unpaired) electrons. The number of fused-ring (bicyclic) bond motifs is 1. The third-order valence-electron chi connectivity index (χ3n) is 3.53. The maximum Gasteiger partial charge on any atom is 0.338 e. The largest absolute Gasteiger partial charge is 0.454 e. The van der Waals surface area contributed by atoms with Crippen molar-refractivity contribution in [1.29, 1.82) is 0 Å². The van der Waals surface area contributed by atoms with Crippen LogP contribution in [0.25, 0.3) is 0 Å². The maximum atomic E-state index is 12.1. The number of Topliss-reactive ketones (excluding diaryl/α,β-unsaturated/α-hetero) is 1. The first-order valence-corrected chi connectivity index (χ1v) is 7.35. The molecule has 0 amide bonds. The molecule has 24 heavy (non-hydrogen) atoms. The Bertz CT molecular complexity index is 751. The van der Waals surface area contributed by atoms with Crippen LogP contribution < -0.4 is 9.47 Å². The van der Waals surface area contributed by atoms with Crippen molar-refractivity contribution in [3.63, 3.8) is 0 Å². The van der Waals surface area contributed by atoms with Crippen molar-refractivity contribution in [2.75, 3.05) is 20.5 Å². The van der Waals surface area contributed by atoms with Gasteiger partial charge in [0.25, 0.3) is 0 Å². The van der Waals surface area contributed by atoms with Crippen LogP contribution in [0.4, 0.5) is 0 Å². The van der Waals surface area contributed by atoms with E-state index in [0.29, 0.717) is 29.2 Å². The summed E-state index contributed by atoms with van der Waals surface area (Å²) in [6.45, 7) is 0.275. The molecule has 6 heteroatoms. The van der Waals surface area contributed by atoms with Crippen LogP contribution in [0.1, 0.15) is 26.3 Å². The molecule has 124 valence electrons. The van der Waals surface area contributed by atoms with Gasteiger partial charge >= 0.3 is 5.97 Å². The van der Waals surface area contributed by atoms with Gasteiger partial charge in [-0.1, -0.05) is 12.1 Å². The molecule has 0 spiro atoms. The Morgan fingerprint density at radius 1 is 1.00 bits per heavy atom. The molecule has 1 heterocycles. The van der Waals surface area contributed by atoms with Gasteiger partial charge in [-0.15, -0.1) is 0 Å². The Morgan fingerprint density at radius 3 is 2.46 bits per heavy atom. The highest BCUT2D eigenvalue weighted by Crippen LogP contribution is 2.32. The van der Waals surface area contributed by atoms with E-state index in [-0.39, 0.29) is 19.2 Å². The zero-order valence-electron chi connectivity index (χ0n) is 13.1. The van der Waals surface area contributed by atoms with Crippen LogP contribution in [-0.2, 0) is 16.1 Å². The van der Waals surface area contributed by atoms with Crippen molar-refractivity contribution in [2.24, 2.45) is 0 Å². The Labute approximate surface area is 138 Å². The van der Waals surface area contributed by atoms with Crippen LogP contribution in [0.15, 0.2) is 42.5 Å². The van der Waals surface area contributed by atoms with E-state index >= 15 is 0 Å². The minimum Gasteiger partial charge on any atom is -0.454 e. The molecule has 0 saturated heterocycles. The van der Waals surface area contributed by atoms with Gasteiger partial charge in [0.2, 0.25) is 6.79 Å². The Kier molecular flexibility index (Phi) is 4.77. The van der Waals surface area contributed by atoms with Gasteiger partial charge < -0.3 is 18.9 Å². The summed E-state index contributed by atoms with van der Waals surface area (Å²) in [4.78, 5) is 24.1. The lowest BCUT2D eigenvalue weighted by Gasteiger charge is -2.06. The smallest absolute Gasteiger partial charge is 0.338 e. The molecule has 3 rings (SSSR count). The van der Waals surface area contributed by atoms with Gasteiger partial charge in [-0.3, -0.25) is 4.79 Å². The fraction of sp³-hybridized carbons (Fsp3) is 0.222. The second-order valence-corrected chi connectivity index (χ2v) is 5.20. The van der Waals surface area contributed by atoms with Gasteiger partial charge in [0.05, 0.1) is 12.2 Å². The summed E-state index contributed by atoms with van der Waals surface area (Å²) in [7, 11) is 1.60. The molecule has 0 aliphatic carbocycles. The molecule has 6 nitrogen and oxygen atoms in total. The molecule has 0 unspecified atom stereocenters. The molecule has 0 aromatic heterocycles. The molecule has 0 bridgehead atoms. The highest BCUT2D eigenvalue weighted by atomic mass is 16.7. The summed E-state index contributed by atoms with van der Waals surface area (Å²) in [6, 6.07) is 11.7. The second-order valence-electron chi connectivity index (χ2n) is 5.20. The number of benzene rings is 2. The van der Waals surface area contributed by atoms with Gasteiger partial charge in [0.1, 0.15) is 0 Å². The van der Waals surface area contributed by atoms with Crippen LogP contribution in [0.5, 0.6) is 11.5 Å². The summed E-state index contributed by atoms with van der Waals surface area (Å²) < 4.78 is 20.5. The number of ketones is 1. The number of esters is 1.